The number of fused-ring (bicyclic) bond motifs is 5. The summed E-state index contributed by atoms with van der Waals surface area (Å²) in [5.41, 5.74) is 3.55. The minimum absolute atomic E-state index is 0.114. The van der Waals surface area contributed by atoms with Crippen LogP contribution in [0.5, 0.6) is 0 Å². The van der Waals surface area contributed by atoms with E-state index >= 15 is 0 Å². The Hall–Kier alpha value is -4.52. The number of anilines is 1. The van der Waals surface area contributed by atoms with Crippen LogP contribution in [0.15, 0.2) is 84.9 Å². The number of carbonyl (C=O) groups excluding carboxylic acids is 3. The van der Waals surface area contributed by atoms with Crippen molar-refractivity contribution in [3.05, 3.63) is 107 Å². The predicted molar refractivity (Wildman–Crippen MR) is 157 cm³/mol. The first-order chi connectivity index (χ1) is 19.9. The third-order valence-corrected chi connectivity index (χ3v) is 9.10. The van der Waals surface area contributed by atoms with Crippen molar-refractivity contribution in [1.29, 1.82) is 0 Å². The second-order valence-electron chi connectivity index (χ2n) is 11.7. The zero-order valence-electron chi connectivity index (χ0n) is 23.0. The highest BCUT2D eigenvalue weighted by atomic mass is 16.2. The summed E-state index contributed by atoms with van der Waals surface area (Å²) in [4.78, 5) is 50.2. The molecule has 7 heteroatoms. The average molecular weight is 545 g/mol. The van der Waals surface area contributed by atoms with E-state index in [9.17, 15) is 14.4 Å². The van der Waals surface area contributed by atoms with Crippen LogP contribution in [0, 0.1) is 18.3 Å². The van der Waals surface area contributed by atoms with Crippen LogP contribution < -0.4 is 10.2 Å². The highest BCUT2D eigenvalue weighted by Gasteiger charge is 2.63. The number of carbonyl (C=O) groups is 3. The summed E-state index contributed by atoms with van der Waals surface area (Å²) in [6, 6.07) is 27.0. The molecule has 4 aromatic rings. The molecule has 1 N–H and O–H groups in total. The van der Waals surface area contributed by atoms with Crippen molar-refractivity contribution in [1.82, 2.24) is 15.2 Å². The first-order valence-electron chi connectivity index (χ1n) is 14.3. The number of imide groups is 2. The van der Waals surface area contributed by atoms with Crippen LogP contribution in [0.2, 0.25) is 0 Å². The summed E-state index contributed by atoms with van der Waals surface area (Å²) in [6.07, 6.45) is 2.67. The molecule has 1 aromatic heterocycles. The van der Waals surface area contributed by atoms with E-state index in [1.165, 1.54) is 10.5 Å². The molecule has 2 fully saturated rings. The number of hydrogen-bond acceptors (Lipinski definition) is 5. The van der Waals surface area contributed by atoms with Gasteiger partial charge in [-0.15, -0.1) is 0 Å². The molecule has 3 aliphatic rings. The van der Waals surface area contributed by atoms with Crippen LogP contribution in [-0.4, -0.2) is 40.3 Å². The van der Waals surface area contributed by atoms with Crippen molar-refractivity contribution in [2.75, 3.05) is 11.4 Å². The number of nitrogens with one attached hydrogen (secondary N) is 1. The van der Waals surface area contributed by atoms with Gasteiger partial charge in [0.05, 0.1) is 18.1 Å². The van der Waals surface area contributed by atoms with Gasteiger partial charge in [-0.2, -0.15) is 0 Å². The Morgan fingerprint density at radius 2 is 1.66 bits per heavy atom. The van der Waals surface area contributed by atoms with Crippen LogP contribution in [0.3, 0.4) is 0 Å². The van der Waals surface area contributed by atoms with E-state index < -0.39 is 29.3 Å². The number of aromatic nitrogens is 1. The van der Waals surface area contributed by atoms with Crippen molar-refractivity contribution in [2.24, 2.45) is 11.3 Å². The Morgan fingerprint density at radius 3 is 2.41 bits per heavy atom. The predicted octanol–water partition coefficient (Wildman–Crippen LogP) is 5.19. The average Bonchev–Trinajstić information content (AvgIpc) is 2.98. The molecule has 4 amide bonds. The molecule has 206 valence electrons. The molecule has 0 unspecified atom stereocenters. The molecule has 41 heavy (non-hydrogen) atoms. The number of amides is 4. The third-order valence-electron chi connectivity index (χ3n) is 9.10. The Labute approximate surface area is 239 Å². The second-order valence-corrected chi connectivity index (χ2v) is 11.7. The molecule has 0 radical (unpaired) electrons. The Kier molecular flexibility index (Phi) is 6.11. The summed E-state index contributed by atoms with van der Waals surface area (Å²) in [5.74, 6) is 0.228. The number of barbiturate groups is 1. The SMILES string of the molecule is Cc1ccc2nc3c(cc2c1)C[C@]1(C(=O)NC(=O)N(Cc2ccccc2)C1=O)[C@@H]1C[C@@H](Cc2ccccc2)CCN31. The van der Waals surface area contributed by atoms with Crippen LogP contribution in [0.1, 0.15) is 35.1 Å². The molecule has 0 saturated carbocycles. The number of rotatable bonds is 4. The number of hydrogen-bond donors (Lipinski definition) is 1. The number of pyridine rings is 1. The van der Waals surface area contributed by atoms with Crippen molar-refractivity contribution >= 4 is 34.6 Å². The molecule has 1 spiro atoms. The van der Waals surface area contributed by atoms with Crippen molar-refractivity contribution in [2.45, 2.75) is 45.2 Å². The lowest BCUT2D eigenvalue weighted by Gasteiger charge is -2.54. The van der Waals surface area contributed by atoms with Crippen molar-refractivity contribution in [3.8, 4) is 0 Å². The van der Waals surface area contributed by atoms with Crippen molar-refractivity contribution < 1.29 is 14.4 Å². The van der Waals surface area contributed by atoms with E-state index in [1.807, 2.05) is 61.5 Å². The fourth-order valence-electron chi connectivity index (χ4n) is 7.08. The van der Waals surface area contributed by atoms with Gasteiger partial charge >= 0.3 is 6.03 Å². The summed E-state index contributed by atoms with van der Waals surface area (Å²) in [7, 11) is 0. The Morgan fingerprint density at radius 1 is 0.927 bits per heavy atom. The lowest BCUT2D eigenvalue weighted by molar-refractivity contribution is -0.154. The molecule has 7 rings (SSSR count). The standard InChI is InChI=1S/C34H32N4O3/c1-22-12-13-28-26(16-22)19-27-20-34(31(39)36-33(41)38(32(34)40)21-24-10-6-3-7-11-24)29-18-25(14-15-37(29)30(27)35-28)17-23-8-4-2-5-9-23/h2-13,16,19,25,29H,14-15,17-18,20-21H2,1H3,(H,36,39,41)/t25-,29+,34-/m1/s1. The lowest BCUT2D eigenvalue weighted by Crippen LogP contribution is -2.73. The first-order valence-corrected chi connectivity index (χ1v) is 14.3. The summed E-state index contributed by atoms with van der Waals surface area (Å²) in [6.45, 7) is 2.84. The number of benzene rings is 3. The zero-order chi connectivity index (χ0) is 28.1. The topological polar surface area (TPSA) is 82.6 Å². The smallest absolute Gasteiger partial charge is 0.331 e. The molecule has 0 bridgehead atoms. The van der Waals surface area contributed by atoms with E-state index in [4.69, 9.17) is 4.98 Å². The van der Waals surface area contributed by atoms with Gasteiger partial charge in [-0.1, -0.05) is 72.3 Å². The van der Waals surface area contributed by atoms with E-state index in [2.05, 4.69) is 40.5 Å². The maximum absolute atomic E-state index is 14.6. The van der Waals surface area contributed by atoms with Crippen molar-refractivity contribution in [3.63, 3.8) is 0 Å². The third kappa shape index (κ3) is 4.27. The van der Waals surface area contributed by atoms with Crippen LogP contribution in [0.4, 0.5) is 10.6 Å². The van der Waals surface area contributed by atoms with Crippen LogP contribution in [0.25, 0.3) is 10.9 Å². The summed E-state index contributed by atoms with van der Waals surface area (Å²) in [5, 5.41) is 3.58. The summed E-state index contributed by atoms with van der Waals surface area (Å²) >= 11 is 0. The fourth-order valence-corrected chi connectivity index (χ4v) is 7.08. The molecule has 0 aliphatic carbocycles. The highest BCUT2D eigenvalue weighted by Crippen LogP contribution is 2.49. The number of urea groups is 1. The minimum Gasteiger partial charge on any atom is -0.352 e. The van der Waals surface area contributed by atoms with E-state index in [0.29, 0.717) is 18.9 Å². The number of aryl methyl sites for hydroxylation is 1. The van der Waals surface area contributed by atoms with E-state index in [-0.39, 0.29) is 13.0 Å². The van der Waals surface area contributed by atoms with Gasteiger partial charge in [0.25, 0.3) is 0 Å². The monoisotopic (exact) mass is 544 g/mol. The van der Waals surface area contributed by atoms with Gasteiger partial charge in [0.1, 0.15) is 5.82 Å². The number of piperidine rings is 1. The van der Waals surface area contributed by atoms with E-state index in [0.717, 1.165) is 46.3 Å². The molecule has 3 aromatic carbocycles. The van der Waals surface area contributed by atoms with Gasteiger partial charge < -0.3 is 4.90 Å². The van der Waals surface area contributed by atoms with Gasteiger partial charge in [-0.3, -0.25) is 19.8 Å². The molecule has 2 saturated heterocycles. The van der Waals surface area contributed by atoms with Crippen LogP contribution >= 0.6 is 0 Å². The Bertz CT molecular complexity index is 1670. The minimum atomic E-state index is -1.43. The maximum atomic E-state index is 14.6. The zero-order valence-corrected chi connectivity index (χ0v) is 23.0. The van der Waals surface area contributed by atoms with Gasteiger partial charge in [0.15, 0.2) is 5.41 Å². The largest absolute Gasteiger partial charge is 0.352 e. The molecule has 4 heterocycles. The van der Waals surface area contributed by atoms with Gasteiger partial charge in [0, 0.05) is 18.4 Å². The molecule has 3 aliphatic heterocycles. The van der Waals surface area contributed by atoms with Gasteiger partial charge in [-0.25, -0.2) is 9.78 Å². The van der Waals surface area contributed by atoms with Gasteiger partial charge in [-0.05, 0) is 67.0 Å². The molecule has 7 nitrogen and oxygen atoms in total. The normalized spacial score (nSPS) is 23.9. The molecular weight excluding hydrogens is 512 g/mol. The van der Waals surface area contributed by atoms with Crippen LogP contribution in [-0.2, 0) is 29.0 Å². The first kappa shape index (κ1) is 25.4. The highest BCUT2D eigenvalue weighted by molar-refractivity contribution is 6.20. The fraction of sp³-hybridized carbons (Fsp3) is 0.294. The van der Waals surface area contributed by atoms with E-state index in [1.54, 1.807) is 0 Å². The van der Waals surface area contributed by atoms with Gasteiger partial charge in [0.2, 0.25) is 11.8 Å². The summed E-state index contributed by atoms with van der Waals surface area (Å²) < 4.78 is 0. The lowest BCUT2D eigenvalue weighted by atomic mass is 9.64. The number of nitrogens with zero attached hydrogens (tertiary/aromatic N) is 3. The second kappa shape index (κ2) is 9.84. The molecule has 3 atom stereocenters. The Balaban J connectivity index is 1.33. The molecular formula is C34H32N4O3. The quantitative estimate of drug-likeness (QED) is 0.358. The maximum Gasteiger partial charge on any atom is 0.331 e.